The minimum Gasteiger partial charge on any atom is -0.305 e. The Labute approximate surface area is 90.3 Å². The van der Waals surface area contributed by atoms with Gasteiger partial charge in [-0.2, -0.15) is 0 Å². The zero-order chi connectivity index (χ0) is 11.5. The van der Waals surface area contributed by atoms with E-state index < -0.39 is 17.7 Å². The monoisotopic (exact) mass is 229 g/mol. The number of benzene rings is 1. The lowest BCUT2D eigenvalue weighted by atomic mass is 10.2. The van der Waals surface area contributed by atoms with E-state index in [2.05, 4.69) is 9.78 Å². The highest BCUT2D eigenvalue weighted by atomic mass is 19.2. The van der Waals surface area contributed by atoms with Gasteiger partial charge in [-0.1, -0.05) is 0 Å². The number of hydrogen-bond acceptors (Lipinski definition) is 3. The average molecular weight is 229 g/mol. The summed E-state index contributed by atoms with van der Waals surface area (Å²) in [5.41, 5.74) is 0. The van der Waals surface area contributed by atoms with Gasteiger partial charge in [-0.3, -0.25) is 4.89 Å². The van der Waals surface area contributed by atoms with Gasteiger partial charge in [0.15, 0.2) is 17.4 Å². The fourth-order valence-electron chi connectivity index (χ4n) is 1.16. The fraction of sp³-hybridized carbons (Fsp3) is 0.300. The Kier molecular flexibility index (Phi) is 2.89. The molecule has 1 amide bonds. The first kappa shape index (κ1) is 10.7. The van der Waals surface area contributed by atoms with E-state index in [-0.39, 0.29) is 5.75 Å². The van der Waals surface area contributed by atoms with E-state index in [0.29, 0.717) is 13.1 Å². The molecule has 1 fully saturated rings. The van der Waals surface area contributed by atoms with Crippen LogP contribution in [-0.4, -0.2) is 24.1 Å². The maximum atomic E-state index is 12.7. The van der Waals surface area contributed by atoms with Crippen LogP contribution in [-0.2, 0) is 4.89 Å². The summed E-state index contributed by atoms with van der Waals surface area (Å²) < 4.78 is 25.3. The smallest absolute Gasteiger partial charge is 0.305 e. The molecule has 1 aromatic carbocycles. The topological polar surface area (TPSA) is 38.8 Å². The predicted octanol–water partition coefficient (Wildman–Crippen LogP) is 2.10. The van der Waals surface area contributed by atoms with E-state index in [1.165, 1.54) is 11.0 Å². The van der Waals surface area contributed by atoms with Crippen LogP contribution < -0.4 is 4.89 Å². The summed E-state index contributed by atoms with van der Waals surface area (Å²) in [6, 6.07) is 2.86. The fourth-order valence-corrected chi connectivity index (χ4v) is 1.16. The lowest BCUT2D eigenvalue weighted by Gasteiger charge is -2.28. The van der Waals surface area contributed by atoms with Crippen LogP contribution in [0.3, 0.4) is 0 Å². The van der Waals surface area contributed by atoms with Gasteiger partial charge in [-0.15, -0.1) is 0 Å². The molecule has 0 bridgehead atoms. The Bertz CT molecular complexity index is 407. The van der Waals surface area contributed by atoms with Crippen LogP contribution in [0.5, 0.6) is 5.75 Å². The lowest BCUT2D eigenvalue weighted by Crippen LogP contribution is -2.42. The van der Waals surface area contributed by atoms with Crippen molar-refractivity contribution in [3.63, 3.8) is 0 Å². The van der Waals surface area contributed by atoms with Gasteiger partial charge in [0, 0.05) is 19.2 Å². The number of likely N-dealkylation sites (tertiary alicyclic amines) is 1. The second-order valence-corrected chi connectivity index (χ2v) is 3.35. The van der Waals surface area contributed by atoms with Gasteiger partial charge in [0.05, 0.1) is 0 Å². The zero-order valence-electron chi connectivity index (χ0n) is 8.28. The van der Waals surface area contributed by atoms with Crippen LogP contribution in [0, 0.1) is 11.6 Å². The number of carbonyl (C=O) groups excluding carboxylic acids is 1. The zero-order valence-corrected chi connectivity index (χ0v) is 8.28. The summed E-state index contributed by atoms with van der Waals surface area (Å²) in [5.74, 6) is -2.10. The Morgan fingerprint density at radius 2 is 2.00 bits per heavy atom. The molecule has 6 heteroatoms. The summed E-state index contributed by atoms with van der Waals surface area (Å²) in [6.07, 6.45) is 0.302. The van der Waals surface area contributed by atoms with Crippen LogP contribution >= 0.6 is 0 Å². The van der Waals surface area contributed by atoms with E-state index in [9.17, 15) is 13.6 Å². The molecule has 0 saturated carbocycles. The maximum absolute atomic E-state index is 12.7. The molecule has 1 aliphatic rings. The number of hydrogen-bond donors (Lipinski definition) is 0. The van der Waals surface area contributed by atoms with Crippen LogP contribution in [0.4, 0.5) is 13.6 Å². The predicted molar refractivity (Wildman–Crippen MR) is 49.7 cm³/mol. The number of rotatable bonds is 2. The third-order valence-electron chi connectivity index (χ3n) is 2.21. The highest BCUT2D eigenvalue weighted by molar-refractivity contribution is 5.67. The summed E-state index contributed by atoms with van der Waals surface area (Å²) in [7, 11) is 0. The summed E-state index contributed by atoms with van der Waals surface area (Å²) in [4.78, 5) is 21.6. The Morgan fingerprint density at radius 3 is 2.56 bits per heavy atom. The number of carbonyl (C=O) groups is 1. The molecule has 0 aliphatic carbocycles. The maximum Gasteiger partial charge on any atom is 0.452 e. The molecule has 2 rings (SSSR count). The molecule has 0 aromatic heterocycles. The molecule has 16 heavy (non-hydrogen) atoms. The Balaban J connectivity index is 1.89. The Morgan fingerprint density at radius 1 is 1.25 bits per heavy atom. The van der Waals surface area contributed by atoms with Crippen molar-refractivity contribution in [2.75, 3.05) is 13.1 Å². The molecule has 0 N–H and O–H groups in total. The molecule has 4 nitrogen and oxygen atoms in total. The SMILES string of the molecule is O=C(OOc1ccc(F)c(F)c1)N1CCC1. The number of nitrogens with zero attached hydrogens (tertiary/aromatic N) is 1. The number of halogens is 2. The largest absolute Gasteiger partial charge is 0.452 e. The van der Waals surface area contributed by atoms with Gasteiger partial charge >= 0.3 is 6.09 Å². The van der Waals surface area contributed by atoms with Gasteiger partial charge in [0.25, 0.3) is 0 Å². The first-order valence-electron chi connectivity index (χ1n) is 4.75. The highest BCUT2D eigenvalue weighted by Gasteiger charge is 2.22. The second-order valence-electron chi connectivity index (χ2n) is 3.35. The van der Waals surface area contributed by atoms with Crippen molar-refractivity contribution in [1.82, 2.24) is 4.90 Å². The molecular formula is C10H9F2NO3. The van der Waals surface area contributed by atoms with Crippen molar-refractivity contribution in [3.8, 4) is 5.75 Å². The summed E-state index contributed by atoms with van der Waals surface area (Å²) in [5, 5.41) is 0. The van der Waals surface area contributed by atoms with Crippen LogP contribution in [0.1, 0.15) is 6.42 Å². The van der Waals surface area contributed by atoms with Gasteiger partial charge in [-0.05, 0) is 18.6 Å². The minimum absolute atomic E-state index is 0.0622. The van der Waals surface area contributed by atoms with E-state index in [0.717, 1.165) is 18.6 Å². The van der Waals surface area contributed by atoms with Crippen molar-refractivity contribution in [2.45, 2.75) is 6.42 Å². The van der Waals surface area contributed by atoms with Crippen molar-refractivity contribution in [3.05, 3.63) is 29.8 Å². The molecule has 0 atom stereocenters. The minimum atomic E-state index is -1.06. The molecule has 1 saturated heterocycles. The first-order valence-corrected chi connectivity index (χ1v) is 4.75. The van der Waals surface area contributed by atoms with E-state index >= 15 is 0 Å². The molecule has 0 unspecified atom stereocenters. The Hall–Kier alpha value is -1.85. The summed E-state index contributed by atoms with van der Waals surface area (Å²) >= 11 is 0. The van der Waals surface area contributed by atoms with Gasteiger partial charge in [0.2, 0.25) is 0 Å². The van der Waals surface area contributed by atoms with Crippen LogP contribution in [0.25, 0.3) is 0 Å². The van der Waals surface area contributed by atoms with Crippen LogP contribution in [0.2, 0.25) is 0 Å². The summed E-state index contributed by atoms with van der Waals surface area (Å²) in [6.45, 7) is 1.25. The quantitative estimate of drug-likeness (QED) is 0.575. The van der Waals surface area contributed by atoms with Crippen molar-refractivity contribution >= 4 is 6.09 Å². The van der Waals surface area contributed by atoms with Crippen LogP contribution in [0.15, 0.2) is 18.2 Å². The first-order chi connectivity index (χ1) is 7.66. The van der Waals surface area contributed by atoms with Gasteiger partial charge in [0.1, 0.15) is 0 Å². The molecule has 86 valence electrons. The second kappa shape index (κ2) is 4.34. The molecule has 0 spiro atoms. The molecule has 1 heterocycles. The molecular weight excluding hydrogens is 220 g/mol. The van der Waals surface area contributed by atoms with Gasteiger partial charge in [-0.25, -0.2) is 18.5 Å². The third kappa shape index (κ3) is 2.21. The molecule has 1 aromatic rings. The van der Waals surface area contributed by atoms with E-state index in [1.54, 1.807) is 0 Å². The van der Waals surface area contributed by atoms with Gasteiger partial charge < -0.3 is 4.90 Å². The van der Waals surface area contributed by atoms with Crippen molar-refractivity contribution in [1.29, 1.82) is 0 Å². The third-order valence-corrected chi connectivity index (χ3v) is 2.21. The van der Waals surface area contributed by atoms with Crippen molar-refractivity contribution < 1.29 is 23.4 Å². The van der Waals surface area contributed by atoms with E-state index in [1.807, 2.05) is 0 Å². The van der Waals surface area contributed by atoms with E-state index in [4.69, 9.17) is 0 Å². The standard InChI is InChI=1S/C10H9F2NO3/c11-8-3-2-7(6-9(8)12)15-16-10(14)13-4-1-5-13/h2-3,6H,1,4-5H2. The average Bonchev–Trinajstić information content (AvgIpc) is 2.17. The molecule has 0 radical (unpaired) electrons. The molecule has 1 aliphatic heterocycles. The van der Waals surface area contributed by atoms with Crippen molar-refractivity contribution in [2.24, 2.45) is 0 Å². The lowest BCUT2D eigenvalue weighted by molar-refractivity contribution is -0.157. The normalized spacial score (nSPS) is 14.2. The highest BCUT2D eigenvalue weighted by Crippen LogP contribution is 2.16. The number of amides is 1.